The number of rotatable bonds is 4. The van der Waals surface area contributed by atoms with Crippen molar-refractivity contribution in [3.8, 4) is 5.75 Å². The second kappa shape index (κ2) is 6.37. The highest BCUT2D eigenvalue weighted by Gasteiger charge is 2.32. The molecule has 5 nitrogen and oxygen atoms in total. The van der Waals surface area contributed by atoms with E-state index >= 15 is 0 Å². The van der Waals surface area contributed by atoms with Gasteiger partial charge in [-0.2, -0.15) is 0 Å². The predicted molar refractivity (Wildman–Crippen MR) is 66.3 cm³/mol. The highest BCUT2D eigenvalue weighted by Crippen LogP contribution is 2.27. The number of alkyl halides is 3. The lowest BCUT2D eigenvalue weighted by atomic mass is 10.2. The Kier molecular flexibility index (Phi) is 4.54. The Bertz CT molecular complexity index is 662. The van der Waals surface area contributed by atoms with E-state index in [1.807, 2.05) is 0 Å². The van der Waals surface area contributed by atoms with Crippen molar-refractivity contribution < 1.29 is 27.1 Å². The van der Waals surface area contributed by atoms with Crippen molar-refractivity contribution in [2.24, 2.45) is 0 Å². The fourth-order valence-corrected chi connectivity index (χ4v) is 1.59. The largest absolute Gasteiger partial charge is 0.573 e. The Morgan fingerprint density at radius 3 is 2.68 bits per heavy atom. The minimum Gasteiger partial charge on any atom is -0.403 e. The first-order chi connectivity index (χ1) is 10.4. The van der Waals surface area contributed by atoms with Crippen LogP contribution in [-0.2, 0) is 6.54 Å². The summed E-state index contributed by atoms with van der Waals surface area (Å²) in [4.78, 5) is 19.0. The van der Waals surface area contributed by atoms with E-state index < -0.39 is 23.8 Å². The van der Waals surface area contributed by atoms with E-state index in [2.05, 4.69) is 20.0 Å². The standard InChI is InChI=1S/C13H9F4N3O2/c14-11-8(2-1-3-10(11)22-13(15,16)17)6-19-12(21)9-4-5-18-7-20-9/h1-5,7H,6H2,(H,19,21). The SMILES string of the molecule is O=C(NCc1cccc(OC(F)(F)F)c1F)c1ccncn1. The molecular formula is C13H9F4N3O2. The molecule has 0 saturated heterocycles. The van der Waals surface area contributed by atoms with Crippen LogP contribution in [0.1, 0.15) is 16.1 Å². The van der Waals surface area contributed by atoms with Gasteiger partial charge in [-0.3, -0.25) is 4.79 Å². The highest BCUT2D eigenvalue weighted by atomic mass is 19.4. The quantitative estimate of drug-likeness (QED) is 0.880. The monoisotopic (exact) mass is 315 g/mol. The molecule has 0 fully saturated rings. The fraction of sp³-hybridized carbons (Fsp3) is 0.154. The summed E-state index contributed by atoms with van der Waals surface area (Å²) in [7, 11) is 0. The molecule has 1 aromatic carbocycles. The Balaban J connectivity index is 2.07. The summed E-state index contributed by atoms with van der Waals surface area (Å²) in [5, 5.41) is 2.34. The summed E-state index contributed by atoms with van der Waals surface area (Å²) in [6.07, 6.45) is -2.49. The zero-order valence-electron chi connectivity index (χ0n) is 10.9. The van der Waals surface area contributed by atoms with Crippen LogP contribution in [-0.4, -0.2) is 22.2 Å². The van der Waals surface area contributed by atoms with E-state index in [9.17, 15) is 22.4 Å². The molecular weight excluding hydrogens is 306 g/mol. The van der Waals surface area contributed by atoms with Crippen LogP contribution in [0.3, 0.4) is 0 Å². The lowest BCUT2D eigenvalue weighted by Gasteiger charge is -2.12. The van der Waals surface area contributed by atoms with Gasteiger partial charge in [0, 0.05) is 18.3 Å². The third-order valence-electron chi connectivity index (χ3n) is 2.52. The van der Waals surface area contributed by atoms with Crippen LogP contribution in [0.4, 0.5) is 17.6 Å². The lowest BCUT2D eigenvalue weighted by molar-refractivity contribution is -0.275. The van der Waals surface area contributed by atoms with E-state index in [0.29, 0.717) is 0 Å². The molecule has 2 rings (SSSR count). The number of aromatic nitrogens is 2. The molecule has 0 radical (unpaired) electrons. The van der Waals surface area contributed by atoms with E-state index in [1.54, 1.807) is 0 Å². The first-order valence-corrected chi connectivity index (χ1v) is 5.94. The van der Waals surface area contributed by atoms with Crippen molar-refractivity contribution >= 4 is 5.91 Å². The van der Waals surface area contributed by atoms with Crippen molar-refractivity contribution in [2.45, 2.75) is 12.9 Å². The van der Waals surface area contributed by atoms with Gasteiger partial charge in [0.1, 0.15) is 12.0 Å². The van der Waals surface area contributed by atoms with Gasteiger partial charge >= 0.3 is 6.36 Å². The van der Waals surface area contributed by atoms with Crippen LogP contribution < -0.4 is 10.1 Å². The number of ether oxygens (including phenoxy) is 1. The van der Waals surface area contributed by atoms with E-state index in [0.717, 1.165) is 12.4 Å². The molecule has 0 bridgehead atoms. The maximum atomic E-state index is 13.9. The van der Waals surface area contributed by atoms with E-state index in [-0.39, 0.29) is 17.8 Å². The molecule has 1 N–H and O–H groups in total. The first kappa shape index (κ1) is 15.7. The summed E-state index contributed by atoms with van der Waals surface area (Å²) in [5.41, 5.74) is -0.0951. The number of carbonyl (C=O) groups is 1. The van der Waals surface area contributed by atoms with Gasteiger partial charge < -0.3 is 10.1 Å². The smallest absolute Gasteiger partial charge is 0.403 e. The summed E-state index contributed by atoms with van der Waals surface area (Å²) < 4.78 is 53.8. The van der Waals surface area contributed by atoms with Crippen LogP contribution in [0.5, 0.6) is 5.75 Å². The van der Waals surface area contributed by atoms with Crippen LogP contribution in [0.2, 0.25) is 0 Å². The minimum absolute atomic E-state index is 0.0538. The van der Waals surface area contributed by atoms with Gasteiger partial charge in [-0.25, -0.2) is 14.4 Å². The van der Waals surface area contributed by atoms with E-state index in [4.69, 9.17) is 0 Å². The minimum atomic E-state index is -5.00. The first-order valence-electron chi connectivity index (χ1n) is 5.94. The molecule has 22 heavy (non-hydrogen) atoms. The van der Waals surface area contributed by atoms with Gasteiger partial charge in [0.2, 0.25) is 0 Å². The van der Waals surface area contributed by atoms with E-state index in [1.165, 1.54) is 24.4 Å². The fourth-order valence-electron chi connectivity index (χ4n) is 1.59. The molecule has 0 aliphatic rings. The molecule has 1 heterocycles. The van der Waals surface area contributed by atoms with Crippen molar-refractivity contribution in [1.82, 2.24) is 15.3 Å². The third-order valence-corrected chi connectivity index (χ3v) is 2.52. The molecule has 1 amide bonds. The van der Waals surface area contributed by atoms with Crippen molar-refractivity contribution in [3.63, 3.8) is 0 Å². The average Bonchev–Trinajstić information content (AvgIpc) is 2.47. The molecule has 0 aliphatic heterocycles. The highest BCUT2D eigenvalue weighted by molar-refractivity contribution is 5.91. The number of amides is 1. The predicted octanol–water partition coefficient (Wildman–Crippen LogP) is 2.44. The van der Waals surface area contributed by atoms with Crippen LogP contribution in [0.25, 0.3) is 0 Å². The summed E-state index contributed by atoms with van der Waals surface area (Å²) >= 11 is 0. The molecule has 0 unspecified atom stereocenters. The molecule has 9 heteroatoms. The maximum absolute atomic E-state index is 13.9. The number of hydrogen-bond donors (Lipinski definition) is 1. The normalized spacial score (nSPS) is 11.1. The second-order valence-corrected chi connectivity index (χ2v) is 4.05. The Hall–Kier alpha value is -2.71. The van der Waals surface area contributed by atoms with Gasteiger partial charge in [0.05, 0.1) is 0 Å². The molecule has 116 valence electrons. The van der Waals surface area contributed by atoms with Crippen LogP contribution in [0.15, 0.2) is 36.8 Å². The van der Waals surface area contributed by atoms with Gasteiger partial charge in [-0.15, -0.1) is 13.2 Å². The number of nitrogens with zero attached hydrogens (tertiary/aromatic N) is 2. The lowest BCUT2D eigenvalue weighted by Crippen LogP contribution is -2.24. The van der Waals surface area contributed by atoms with Crippen LogP contribution in [0, 0.1) is 5.82 Å². The molecule has 0 saturated carbocycles. The summed E-state index contributed by atoms with van der Waals surface area (Å²) in [6, 6.07) is 4.61. The van der Waals surface area contributed by atoms with Gasteiger partial charge in [0.25, 0.3) is 5.91 Å². The van der Waals surface area contributed by atoms with Crippen molar-refractivity contribution in [2.75, 3.05) is 0 Å². The third kappa shape index (κ3) is 4.14. The van der Waals surface area contributed by atoms with Gasteiger partial charge in [0.15, 0.2) is 11.6 Å². The number of benzene rings is 1. The number of carbonyl (C=O) groups excluding carboxylic acids is 1. The molecule has 0 spiro atoms. The second-order valence-electron chi connectivity index (χ2n) is 4.05. The Morgan fingerprint density at radius 1 is 1.27 bits per heavy atom. The number of hydrogen-bond acceptors (Lipinski definition) is 4. The summed E-state index contributed by atoms with van der Waals surface area (Å²) in [5.74, 6) is -2.76. The number of nitrogens with one attached hydrogen (secondary N) is 1. The van der Waals surface area contributed by atoms with Gasteiger partial charge in [-0.1, -0.05) is 12.1 Å². The topological polar surface area (TPSA) is 64.1 Å². The zero-order valence-corrected chi connectivity index (χ0v) is 10.9. The average molecular weight is 315 g/mol. The molecule has 0 aliphatic carbocycles. The molecule has 0 atom stereocenters. The number of halogens is 4. The van der Waals surface area contributed by atoms with Crippen LogP contribution >= 0.6 is 0 Å². The summed E-state index contributed by atoms with van der Waals surface area (Å²) in [6.45, 7) is -0.316. The Labute approximate surface area is 122 Å². The maximum Gasteiger partial charge on any atom is 0.573 e. The van der Waals surface area contributed by atoms with Crippen molar-refractivity contribution in [3.05, 3.63) is 53.9 Å². The molecule has 1 aromatic heterocycles. The van der Waals surface area contributed by atoms with Crippen molar-refractivity contribution in [1.29, 1.82) is 0 Å². The Morgan fingerprint density at radius 2 is 2.05 bits per heavy atom. The van der Waals surface area contributed by atoms with Gasteiger partial charge in [-0.05, 0) is 12.1 Å². The zero-order chi connectivity index (χ0) is 16.2. The molecule has 2 aromatic rings.